The molecule has 3 nitrogen and oxygen atoms in total. The SMILES string of the molecule is C#CCC(C)(N)c1cc(F)c(O)c2ncccc12. The van der Waals surface area contributed by atoms with Gasteiger partial charge in [-0.3, -0.25) is 4.98 Å². The fourth-order valence-electron chi connectivity index (χ4n) is 1.98. The van der Waals surface area contributed by atoms with Crippen molar-refractivity contribution in [2.45, 2.75) is 18.9 Å². The Bertz CT molecular complexity index is 644. The third-order valence-corrected chi connectivity index (χ3v) is 2.90. The van der Waals surface area contributed by atoms with Crippen molar-refractivity contribution in [2.24, 2.45) is 5.73 Å². The molecule has 1 heterocycles. The van der Waals surface area contributed by atoms with Crippen LogP contribution < -0.4 is 5.73 Å². The van der Waals surface area contributed by atoms with Crippen LogP contribution in [-0.4, -0.2) is 10.1 Å². The van der Waals surface area contributed by atoms with Crippen LogP contribution in [0.5, 0.6) is 5.75 Å². The molecule has 2 rings (SSSR count). The Hall–Kier alpha value is -2.12. The van der Waals surface area contributed by atoms with E-state index in [-0.39, 0.29) is 11.9 Å². The number of rotatable bonds is 2. The molecule has 0 amide bonds. The normalized spacial score (nSPS) is 14.1. The number of nitrogens with two attached hydrogens (primary N) is 1. The van der Waals surface area contributed by atoms with Crippen molar-refractivity contribution < 1.29 is 9.50 Å². The minimum Gasteiger partial charge on any atom is -0.503 e. The van der Waals surface area contributed by atoms with Gasteiger partial charge < -0.3 is 10.8 Å². The monoisotopic (exact) mass is 244 g/mol. The molecule has 0 aliphatic carbocycles. The van der Waals surface area contributed by atoms with E-state index < -0.39 is 17.1 Å². The van der Waals surface area contributed by atoms with Gasteiger partial charge in [-0.2, -0.15) is 0 Å². The maximum absolute atomic E-state index is 13.7. The van der Waals surface area contributed by atoms with Crippen LogP contribution in [0.4, 0.5) is 4.39 Å². The summed E-state index contributed by atoms with van der Waals surface area (Å²) in [4.78, 5) is 3.98. The second-order valence-corrected chi connectivity index (χ2v) is 4.45. The molecular formula is C14H13FN2O. The summed E-state index contributed by atoms with van der Waals surface area (Å²) in [6, 6.07) is 4.66. The first-order valence-corrected chi connectivity index (χ1v) is 5.46. The molecule has 1 aromatic carbocycles. The first-order valence-electron chi connectivity index (χ1n) is 5.46. The number of halogens is 1. The second-order valence-electron chi connectivity index (χ2n) is 4.45. The summed E-state index contributed by atoms with van der Waals surface area (Å²) in [7, 11) is 0. The summed E-state index contributed by atoms with van der Waals surface area (Å²) in [5.41, 5.74) is 5.98. The van der Waals surface area contributed by atoms with E-state index in [0.29, 0.717) is 10.9 Å². The van der Waals surface area contributed by atoms with Gasteiger partial charge in [0.1, 0.15) is 5.52 Å². The maximum atomic E-state index is 13.7. The molecule has 1 aromatic heterocycles. The number of aromatic nitrogens is 1. The van der Waals surface area contributed by atoms with Crippen LogP contribution in [0, 0.1) is 18.2 Å². The number of phenols is 1. The number of hydrogen-bond acceptors (Lipinski definition) is 3. The molecule has 92 valence electrons. The van der Waals surface area contributed by atoms with E-state index in [4.69, 9.17) is 12.2 Å². The van der Waals surface area contributed by atoms with E-state index in [0.717, 1.165) is 0 Å². The number of terminal acetylenes is 1. The van der Waals surface area contributed by atoms with Gasteiger partial charge in [0, 0.05) is 23.5 Å². The molecule has 0 aliphatic rings. The van der Waals surface area contributed by atoms with Crippen molar-refractivity contribution >= 4 is 10.9 Å². The number of hydrogen-bond donors (Lipinski definition) is 2. The van der Waals surface area contributed by atoms with Crippen molar-refractivity contribution in [3.63, 3.8) is 0 Å². The van der Waals surface area contributed by atoms with Gasteiger partial charge in [-0.25, -0.2) is 4.39 Å². The molecule has 0 spiro atoms. The van der Waals surface area contributed by atoms with Gasteiger partial charge in [-0.15, -0.1) is 12.3 Å². The van der Waals surface area contributed by atoms with E-state index in [1.165, 1.54) is 12.3 Å². The number of nitrogens with zero attached hydrogens (tertiary/aromatic N) is 1. The largest absolute Gasteiger partial charge is 0.503 e. The Kier molecular flexibility index (Phi) is 2.93. The fourth-order valence-corrected chi connectivity index (χ4v) is 1.98. The van der Waals surface area contributed by atoms with Crippen LogP contribution in [-0.2, 0) is 5.54 Å². The quantitative estimate of drug-likeness (QED) is 0.797. The van der Waals surface area contributed by atoms with E-state index in [2.05, 4.69) is 10.9 Å². The smallest absolute Gasteiger partial charge is 0.178 e. The predicted molar refractivity (Wildman–Crippen MR) is 68.4 cm³/mol. The Labute approximate surface area is 104 Å². The van der Waals surface area contributed by atoms with Crippen molar-refractivity contribution in [3.8, 4) is 18.1 Å². The molecule has 0 radical (unpaired) electrons. The average molecular weight is 244 g/mol. The highest BCUT2D eigenvalue weighted by Crippen LogP contribution is 2.34. The lowest BCUT2D eigenvalue weighted by atomic mass is 9.87. The number of pyridine rings is 1. The van der Waals surface area contributed by atoms with Crippen molar-refractivity contribution in [3.05, 3.63) is 35.8 Å². The minimum absolute atomic E-state index is 0.196. The van der Waals surface area contributed by atoms with Gasteiger partial charge >= 0.3 is 0 Å². The van der Waals surface area contributed by atoms with Crippen LogP contribution in [0.2, 0.25) is 0 Å². The van der Waals surface area contributed by atoms with Gasteiger partial charge in [0.25, 0.3) is 0 Å². The highest BCUT2D eigenvalue weighted by Gasteiger charge is 2.25. The highest BCUT2D eigenvalue weighted by molar-refractivity contribution is 5.88. The Morgan fingerprint density at radius 2 is 2.33 bits per heavy atom. The first-order chi connectivity index (χ1) is 8.47. The molecule has 1 atom stereocenters. The van der Waals surface area contributed by atoms with Gasteiger partial charge in [-0.05, 0) is 24.6 Å². The lowest BCUT2D eigenvalue weighted by molar-refractivity contribution is 0.433. The van der Waals surface area contributed by atoms with Gasteiger partial charge in [0.2, 0.25) is 0 Å². The van der Waals surface area contributed by atoms with E-state index >= 15 is 0 Å². The third kappa shape index (κ3) is 1.89. The molecule has 4 heteroatoms. The number of benzene rings is 1. The highest BCUT2D eigenvalue weighted by atomic mass is 19.1. The summed E-state index contributed by atoms with van der Waals surface area (Å²) in [5, 5.41) is 10.3. The summed E-state index contributed by atoms with van der Waals surface area (Å²) >= 11 is 0. The van der Waals surface area contributed by atoms with Crippen LogP contribution in [0.3, 0.4) is 0 Å². The van der Waals surface area contributed by atoms with Crippen LogP contribution in [0.1, 0.15) is 18.9 Å². The molecule has 0 fully saturated rings. The molecule has 0 aliphatic heterocycles. The molecular weight excluding hydrogens is 231 g/mol. The second kappa shape index (κ2) is 4.28. The topological polar surface area (TPSA) is 59.1 Å². The van der Waals surface area contributed by atoms with Crippen molar-refractivity contribution in [2.75, 3.05) is 0 Å². The average Bonchev–Trinajstić information content (AvgIpc) is 2.33. The van der Waals surface area contributed by atoms with Crippen molar-refractivity contribution in [1.29, 1.82) is 0 Å². The fraction of sp³-hybridized carbons (Fsp3) is 0.214. The molecule has 0 saturated carbocycles. The molecule has 0 saturated heterocycles. The number of fused-ring (bicyclic) bond motifs is 1. The zero-order chi connectivity index (χ0) is 13.3. The van der Waals surface area contributed by atoms with Crippen LogP contribution >= 0.6 is 0 Å². The number of phenolic OH excluding ortho intramolecular Hbond substituents is 1. The molecule has 1 unspecified atom stereocenters. The summed E-state index contributed by atoms with van der Waals surface area (Å²) < 4.78 is 13.7. The predicted octanol–water partition coefficient (Wildman–Crippen LogP) is 2.28. The maximum Gasteiger partial charge on any atom is 0.178 e. The first kappa shape index (κ1) is 12.3. The molecule has 0 bridgehead atoms. The third-order valence-electron chi connectivity index (χ3n) is 2.90. The molecule has 18 heavy (non-hydrogen) atoms. The standard InChI is InChI=1S/C14H13FN2O/c1-3-6-14(2,16)10-8-11(15)13(18)12-9(10)5-4-7-17-12/h1,4-5,7-8,18H,6,16H2,2H3. The van der Waals surface area contributed by atoms with E-state index in [1.807, 2.05) is 0 Å². The van der Waals surface area contributed by atoms with Crippen LogP contribution in [0.15, 0.2) is 24.4 Å². The van der Waals surface area contributed by atoms with E-state index in [1.54, 1.807) is 19.1 Å². The Morgan fingerprint density at radius 3 is 3.00 bits per heavy atom. The van der Waals surface area contributed by atoms with Crippen LogP contribution in [0.25, 0.3) is 10.9 Å². The lowest BCUT2D eigenvalue weighted by Gasteiger charge is -2.24. The molecule has 2 aromatic rings. The summed E-state index contributed by atoms with van der Waals surface area (Å²) in [6.45, 7) is 1.73. The van der Waals surface area contributed by atoms with Gasteiger partial charge in [-0.1, -0.05) is 6.07 Å². The Morgan fingerprint density at radius 1 is 1.61 bits per heavy atom. The van der Waals surface area contributed by atoms with Gasteiger partial charge in [0.15, 0.2) is 11.6 Å². The van der Waals surface area contributed by atoms with E-state index in [9.17, 15) is 9.50 Å². The number of aromatic hydroxyl groups is 1. The zero-order valence-electron chi connectivity index (χ0n) is 9.94. The lowest BCUT2D eigenvalue weighted by Crippen LogP contribution is -2.32. The summed E-state index contributed by atoms with van der Waals surface area (Å²) in [6.07, 6.45) is 7.03. The molecule has 3 N–H and O–H groups in total. The zero-order valence-corrected chi connectivity index (χ0v) is 9.94. The van der Waals surface area contributed by atoms with Crippen molar-refractivity contribution in [1.82, 2.24) is 4.98 Å². The van der Waals surface area contributed by atoms with Gasteiger partial charge in [0.05, 0.1) is 0 Å². The minimum atomic E-state index is -0.870. The summed E-state index contributed by atoms with van der Waals surface area (Å²) in [5.74, 6) is 1.26. The Balaban J connectivity index is 2.80.